The molecule has 0 saturated heterocycles. The number of thiazole rings is 1. The maximum Gasteiger partial charge on any atom is 0.236 e. The third-order valence-electron chi connectivity index (χ3n) is 4.74. The average Bonchev–Trinajstić information content (AvgIpc) is 3.40. The quantitative estimate of drug-likeness (QED) is 0.373. The zero-order valence-electron chi connectivity index (χ0n) is 17.3. The number of aryl methyl sites for hydroxylation is 1. The molecule has 0 atom stereocenters. The number of rotatable bonds is 6. The molecule has 5 rings (SSSR count). The fraction of sp³-hybridized carbons (Fsp3) is 0.136. The Labute approximate surface area is 191 Å². The highest BCUT2D eigenvalue weighted by molar-refractivity contribution is 7.99. The molecule has 0 aliphatic heterocycles. The number of carbonyl (C=O) groups is 1. The number of ether oxygens (including phenoxy) is 1. The smallest absolute Gasteiger partial charge is 0.236 e. The molecule has 0 unspecified atom stereocenters. The molecule has 1 amide bonds. The van der Waals surface area contributed by atoms with Crippen molar-refractivity contribution in [3.05, 3.63) is 60.2 Å². The summed E-state index contributed by atoms with van der Waals surface area (Å²) < 4.78 is 7.91. The van der Waals surface area contributed by atoms with Crippen LogP contribution >= 0.6 is 23.1 Å². The van der Waals surface area contributed by atoms with Crippen molar-refractivity contribution in [3.8, 4) is 17.0 Å². The summed E-state index contributed by atoms with van der Waals surface area (Å²) in [5.41, 5.74) is 4.38. The molecule has 160 valence electrons. The van der Waals surface area contributed by atoms with Crippen LogP contribution in [0.5, 0.6) is 5.75 Å². The van der Waals surface area contributed by atoms with E-state index in [1.807, 2.05) is 55.5 Å². The molecule has 10 heteroatoms. The number of methoxy groups -OCH3 is 1. The van der Waals surface area contributed by atoms with Gasteiger partial charge in [0.1, 0.15) is 5.75 Å². The van der Waals surface area contributed by atoms with Crippen LogP contribution in [-0.2, 0) is 4.79 Å². The number of aromatic nitrogens is 5. The number of anilines is 1. The summed E-state index contributed by atoms with van der Waals surface area (Å²) in [6.07, 6.45) is 0. The molecule has 32 heavy (non-hydrogen) atoms. The number of nitrogens with zero attached hydrogens (tertiary/aromatic N) is 5. The second-order valence-electron chi connectivity index (χ2n) is 7.03. The predicted molar refractivity (Wildman–Crippen MR) is 126 cm³/mol. The minimum Gasteiger partial charge on any atom is -0.497 e. The Morgan fingerprint density at radius 2 is 1.97 bits per heavy atom. The topological polar surface area (TPSA) is 94.3 Å². The SMILES string of the molecule is COc1ccc(-c2ccc3nnc(SCC(=O)Nc4nc5ccc(C)cc5s4)n3n2)cc1. The molecular formula is C22H18N6O2S2. The Balaban J connectivity index is 1.30. The fourth-order valence-corrected chi connectivity index (χ4v) is 4.81. The van der Waals surface area contributed by atoms with Gasteiger partial charge in [0.15, 0.2) is 10.8 Å². The molecular weight excluding hydrogens is 444 g/mol. The van der Waals surface area contributed by atoms with Crippen LogP contribution in [0, 0.1) is 6.92 Å². The van der Waals surface area contributed by atoms with Crippen LogP contribution in [0.3, 0.4) is 0 Å². The molecule has 8 nitrogen and oxygen atoms in total. The summed E-state index contributed by atoms with van der Waals surface area (Å²) in [6, 6.07) is 17.4. The van der Waals surface area contributed by atoms with Gasteiger partial charge in [-0.25, -0.2) is 4.98 Å². The van der Waals surface area contributed by atoms with Crippen molar-refractivity contribution in [2.75, 3.05) is 18.2 Å². The molecule has 3 aromatic heterocycles. The largest absolute Gasteiger partial charge is 0.497 e. The molecule has 0 fully saturated rings. The van der Waals surface area contributed by atoms with Crippen molar-refractivity contribution >= 4 is 50.0 Å². The molecule has 1 N–H and O–H groups in total. The highest BCUT2D eigenvalue weighted by atomic mass is 32.2. The maximum atomic E-state index is 12.5. The van der Waals surface area contributed by atoms with Crippen LogP contribution < -0.4 is 10.1 Å². The zero-order chi connectivity index (χ0) is 22.1. The first-order chi connectivity index (χ1) is 15.6. The van der Waals surface area contributed by atoms with Gasteiger partial charge in [-0.1, -0.05) is 29.2 Å². The molecule has 0 spiro atoms. The minimum absolute atomic E-state index is 0.158. The van der Waals surface area contributed by atoms with Crippen molar-refractivity contribution in [1.29, 1.82) is 0 Å². The van der Waals surface area contributed by atoms with Gasteiger partial charge in [-0.2, -0.15) is 9.61 Å². The molecule has 5 aromatic rings. The van der Waals surface area contributed by atoms with E-state index in [0.717, 1.165) is 32.8 Å². The third-order valence-corrected chi connectivity index (χ3v) is 6.60. The van der Waals surface area contributed by atoms with E-state index in [4.69, 9.17) is 4.74 Å². The zero-order valence-corrected chi connectivity index (χ0v) is 18.9. The van der Waals surface area contributed by atoms with Gasteiger partial charge in [0.2, 0.25) is 11.1 Å². The first-order valence-corrected chi connectivity index (χ1v) is 11.6. The summed E-state index contributed by atoms with van der Waals surface area (Å²) in [5.74, 6) is 0.794. The average molecular weight is 463 g/mol. The lowest BCUT2D eigenvalue weighted by Crippen LogP contribution is -2.14. The Hall–Kier alpha value is -3.50. The Morgan fingerprint density at radius 3 is 2.78 bits per heavy atom. The summed E-state index contributed by atoms with van der Waals surface area (Å²) in [6.45, 7) is 2.03. The van der Waals surface area contributed by atoms with Gasteiger partial charge < -0.3 is 10.1 Å². The predicted octanol–water partition coefficient (Wildman–Crippen LogP) is 4.45. The van der Waals surface area contributed by atoms with Crippen molar-refractivity contribution < 1.29 is 9.53 Å². The van der Waals surface area contributed by atoms with E-state index in [2.05, 4.69) is 31.7 Å². The van der Waals surface area contributed by atoms with E-state index >= 15 is 0 Å². The minimum atomic E-state index is -0.158. The number of nitrogens with one attached hydrogen (secondary N) is 1. The second-order valence-corrected chi connectivity index (χ2v) is 9.00. The summed E-state index contributed by atoms with van der Waals surface area (Å²) in [7, 11) is 1.63. The van der Waals surface area contributed by atoms with Gasteiger partial charge in [-0.05, 0) is 61.0 Å². The number of hydrogen-bond acceptors (Lipinski definition) is 8. The van der Waals surface area contributed by atoms with Crippen LogP contribution in [0.2, 0.25) is 0 Å². The summed E-state index contributed by atoms with van der Waals surface area (Å²) in [4.78, 5) is 17.0. The molecule has 2 aromatic carbocycles. The van der Waals surface area contributed by atoms with E-state index in [-0.39, 0.29) is 11.7 Å². The molecule has 0 aliphatic rings. The monoisotopic (exact) mass is 462 g/mol. The fourth-order valence-electron chi connectivity index (χ4n) is 3.15. The van der Waals surface area contributed by atoms with E-state index in [1.54, 1.807) is 11.6 Å². The number of hydrogen-bond donors (Lipinski definition) is 1. The number of benzene rings is 2. The standard InChI is InChI=1S/C22H18N6O2S2/c1-13-3-8-17-18(11-13)32-21(23-17)24-20(29)12-31-22-26-25-19-10-9-16(27-28(19)22)14-4-6-15(30-2)7-5-14/h3-11H,12H2,1-2H3,(H,23,24,29). The second kappa shape index (κ2) is 8.56. The van der Waals surface area contributed by atoms with Crippen LogP contribution in [-0.4, -0.2) is 43.6 Å². The third kappa shape index (κ3) is 4.14. The highest BCUT2D eigenvalue weighted by Crippen LogP contribution is 2.27. The number of fused-ring (bicyclic) bond motifs is 2. The van der Waals surface area contributed by atoms with Crippen molar-refractivity contribution in [2.45, 2.75) is 12.1 Å². The molecule has 3 heterocycles. The van der Waals surface area contributed by atoms with E-state index < -0.39 is 0 Å². The lowest BCUT2D eigenvalue weighted by molar-refractivity contribution is -0.113. The van der Waals surface area contributed by atoms with Gasteiger partial charge in [0, 0.05) is 5.56 Å². The molecule has 0 aliphatic carbocycles. The Morgan fingerprint density at radius 1 is 1.12 bits per heavy atom. The van der Waals surface area contributed by atoms with Crippen molar-refractivity contribution in [2.24, 2.45) is 0 Å². The highest BCUT2D eigenvalue weighted by Gasteiger charge is 2.13. The van der Waals surface area contributed by atoms with Gasteiger partial charge >= 0.3 is 0 Å². The molecule has 0 saturated carbocycles. The van der Waals surface area contributed by atoms with Crippen LogP contribution in [0.4, 0.5) is 5.13 Å². The Kier molecular flexibility index (Phi) is 5.46. The molecule has 0 radical (unpaired) electrons. The Bertz CT molecular complexity index is 1430. The normalized spacial score (nSPS) is 11.2. The van der Waals surface area contributed by atoms with Crippen LogP contribution in [0.15, 0.2) is 59.8 Å². The molecule has 0 bridgehead atoms. The van der Waals surface area contributed by atoms with Gasteiger partial charge in [0.25, 0.3) is 0 Å². The van der Waals surface area contributed by atoms with E-state index in [0.29, 0.717) is 15.9 Å². The number of carbonyl (C=O) groups excluding carboxylic acids is 1. The van der Waals surface area contributed by atoms with Gasteiger partial charge in [-0.3, -0.25) is 4.79 Å². The summed E-state index contributed by atoms with van der Waals surface area (Å²) in [5, 5.41) is 17.0. The maximum absolute atomic E-state index is 12.5. The van der Waals surface area contributed by atoms with Crippen LogP contribution in [0.25, 0.3) is 27.1 Å². The first-order valence-electron chi connectivity index (χ1n) is 9.76. The van der Waals surface area contributed by atoms with Crippen molar-refractivity contribution in [1.82, 2.24) is 24.8 Å². The van der Waals surface area contributed by atoms with E-state index in [9.17, 15) is 4.79 Å². The number of thioether (sulfide) groups is 1. The lowest BCUT2D eigenvalue weighted by atomic mass is 10.1. The van der Waals surface area contributed by atoms with Crippen molar-refractivity contribution in [3.63, 3.8) is 0 Å². The lowest BCUT2D eigenvalue weighted by Gasteiger charge is -2.04. The van der Waals surface area contributed by atoms with Crippen LogP contribution in [0.1, 0.15) is 5.56 Å². The summed E-state index contributed by atoms with van der Waals surface area (Å²) >= 11 is 2.74. The van der Waals surface area contributed by atoms with Gasteiger partial charge in [0.05, 0.1) is 28.8 Å². The first kappa shape index (κ1) is 20.4. The van der Waals surface area contributed by atoms with E-state index in [1.165, 1.54) is 23.1 Å². The van der Waals surface area contributed by atoms with Gasteiger partial charge in [-0.15, -0.1) is 10.2 Å². The number of amides is 1.